The van der Waals surface area contributed by atoms with Gasteiger partial charge in [-0.2, -0.15) is 0 Å². The van der Waals surface area contributed by atoms with Crippen molar-refractivity contribution in [2.75, 3.05) is 0 Å². The fourth-order valence-corrected chi connectivity index (χ4v) is 3.04. The molecule has 0 heterocycles. The van der Waals surface area contributed by atoms with Crippen molar-refractivity contribution in [2.24, 2.45) is 0 Å². The number of rotatable bonds is 4. The zero-order chi connectivity index (χ0) is 12.1. The lowest BCUT2D eigenvalue weighted by atomic mass is 10.2. The molecule has 0 aliphatic heterocycles. The maximum absolute atomic E-state index is 12.0. The van der Waals surface area contributed by atoms with Crippen LogP contribution in [-0.4, -0.2) is 17.2 Å². The summed E-state index contributed by atoms with van der Waals surface area (Å²) in [5.74, 6) is 0.172. The van der Waals surface area contributed by atoms with Crippen LogP contribution in [0.2, 0.25) is 0 Å². The van der Waals surface area contributed by atoms with Gasteiger partial charge in [-0.3, -0.25) is 4.79 Å². The van der Waals surface area contributed by atoms with E-state index in [0.717, 1.165) is 17.7 Å². The van der Waals surface area contributed by atoms with Crippen molar-refractivity contribution >= 4 is 17.7 Å². The molecule has 2 nitrogen and oxygen atoms in total. The van der Waals surface area contributed by atoms with Gasteiger partial charge in [0.15, 0.2) is 0 Å². The van der Waals surface area contributed by atoms with E-state index in [4.69, 9.17) is 0 Å². The first-order valence-electron chi connectivity index (χ1n) is 6.28. The van der Waals surface area contributed by atoms with E-state index in [1.807, 2.05) is 37.3 Å². The Balaban J connectivity index is 1.82. The average molecular weight is 249 g/mol. The number of nitrogens with one attached hydrogen (secondary N) is 1. The minimum atomic E-state index is -0.0157. The molecule has 1 aromatic rings. The maximum atomic E-state index is 12.0. The van der Waals surface area contributed by atoms with Gasteiger partial charge in [-0.15, -0.1) is 11.8 Å². The van der Waals surface area contributed by atoms with E-state index in [1.54, 1.807) is 11.8 Å². The molecule has 2 rings (SSSR count). The molecule has 1 amide bonds. The third-order valence-corrected chi connectivity index (χ3v) is 4.24. The monoisotopic (exact) mass is 249 g/mol. The minimum absolute atomic E-state index is 0.0157. The Morgan fingerprint density at radius 1 is 1.29 bits per heavy atom. The lowest BCUT2D eigenvalue weighted by Crippen LogP contribution is -2.37. The van der Waals surface area contributed by atoms with Gasteiger partial charge in [0, 0.05) is 10.9 Å². The highest BCUT2D eigenvalue weighted by Gasteiger charge is 2.20. The summed E-state index contributed by atoms with van der Waals surface area (Å²) in [5.41, 5.74) is 0. The van der Waals surface area contributed by atoms with E-state index in [2.05, 4.69) is 5.32 Å². The Morgan fingerprint density at radius 2 is 1.94 bits per heavy atom. The zero-order valence-corrected chi connectivity index (χ0v) is 11.0. The van der Waals surface area contributed by atoms with Gasteiger partial charge in [-0.25, -0.2) is 0 Å². The van der Waals surface area contributed by atoms with Gasteiger partial charge < -0.3 is 5.32 Å². The molecule has 1 aliphatic rings. The molecular weight excluding hydrogens is 230 g/mol. The predicted octanol–water partition coefficient (Wildman–Crippen LogP) is 3.23. The Kier molecular flexibility index (Phi) is 4.49. The van der Waals surface area contributed by atoms with Gasteiger partial charge >= 0.3 is 0 Å². The Hall–Kier alpha value is -0.960. The SMILES string of the molecule is CC(Sc1ccccc1)C(=O)NC1CCCC1. The Bertz CT molecular complexity index is 360. The lowest BCUT2D eigenvalue weighted by Gasteiger charge is -2.16. The molecule has 92 valence electrons. The molecular formula is C14H19NOS. The van der Waals surface area contributed by atoms with Crippen LogP contribution in [0.3, 0.4) is 0 Å². The normalized spacial score (nSPS) is 17.9. The summed E-state index contributed by atoms with van der Waals surface area (Å²) in [7, 11) is 0. The highest BCUT2D eigenvalue weighted by atomic mass is 32.2. The maximum Gasteiger partial charge on any atom is 0.233 e. The van der Waals surface area contributed by atoms with Crippen molar-refractivity contribution in [3.05, 3.63) is 30.3 Å². The predicted molar refractivity (Wildman–Crippen MR) is 72.2 cm³/mol. The van der Waals surface area contributed by atoms with Gasteiger partial charge in [0.2, 0.25) is 5.91 Å². The number of hydrogen-bond acceptors (Lipinski definition) is 2. The number of hydrogen-bond donors (Lipinski definition) is 1. The van der Waals surface area contributed by atoms with Crippen LogP contribution in [0.15, 0.2) is 35.2 Å². The molecule has 0 saturated heterocycles. The summed E-state index contributed by atoms with van der Waals surface area (Å²) in [5, 5.41) is 3.12. The highest BCUT2D eigenvalue weighted by molar-refractivity contribution is 8.00. The van der Waals surface area contributed by atoms with Crippen LogP contribution in [0.4, 0.5) is 0 Å². The molecule has 0 radical (unpaired) electrons. The molecule has 1 aromatic carbocycles. The highest BCUT2D eigenvalue weighted by Crippen LogP contribution is 2.24. The van der Waals surface area contributed by atoms with Crippen molar-refractivity contribution in [1.82, 2.24) is 5.32 Å². The summed E-state index contributed by atoms with van der Waals surface area (Å²) >= 11 is 1.62. The zero-order valence-electron chi connectivity index (χ0n) is 10.2. The topological polar surface area (TPSA) is 29.1 Å². The first-order chi connectivity index (χ1) is 8.25. The Morgan fingerprint density at radius 3 is 2.59 bits per heavy atom. The average Bonchev–Trinajstić information content (AvgIpc) is 2.83. The molecule has 17 heavy (non-hydrogen) atoms. The molecule has 1 unspecified atom stereocenters. The number of carbonyl (C=O) groups is 1. The van der Waals surface area contributed by atoms with Crippen molar-refractivity contribution in [2.45, 2.75) is 48.8 Å². The van der Waals surface area contributed by atoms with Crippen molar-refractivity contribution < 1.29 is 4.79 Å². The molecule has 0 aromatic heterocycles. The van der Waals surface area contributed by atoms with E-state index in [0.29, 0.717) is 6.04 Å². The fourth-order valence-electron chi connectivity index (χ4n) is 2.15. The van der Waals surface area contributed by atoms with Crippen LogP contribution < -0.4 is 5.32 Å². The fraction of sp³-hybridized carbons (Fsp3) is 0.500. The van der Waals surface area contributed by atoms with Gasteiger partial charge in [-0.05, 0) is 31.9 Å². The largest absolute Gasteiger partial charge is 0.352 e. The second-order valence-electron chi connectivity index (χ2n) is 4.56. The van der Waals surface area contributed by atoms with E-state index in [-0.39, 0.29) is 11.2 Å². The van der Waals surface area contributed by atoms with Crippen molar-refractivity contribution in [1.29, 1.82) is 0 Å². The van der Waals surface area contributed by atoms with Crippen LogP contribution in [0.1, 0.15) is 32.6 Å². The van der Waals surface area contributed by atoms with Crippen LogP contribution in [-0.2, 0) is 4.79 Å². The van der Waals surface area contributed by atoms with Crippen LogP contribution in [0.25, 0.3) is 0 Å². The summed E-state index contributed by atoms with van der Waals surface area (Å²) in [4.78, 5) is 13.1. The second-order valence-corrected chi connectivity index (χ2v) is 5.98. The molecule has 0 spiro atoms. The van der Waals surface area contributed by atoms with Crippen molar-refractivity contribution in [3.63, 3.8) is 0 Å². The van der Waals surface area contributed by atoms with E-state index in [9.17, 15) is 4.79 Å². The standard InChI is InChI=1S/C14H19NOS/c1-11(17-13-9-3-2-4-10-13)14(16)15-12-7-5-6-8-12/h2-4,9-12H,5-8H2,1H3,(H,15,16). The van der Waals surface area contributed by atoms with Gasteiger partial charge in [0.1, 0.15) is 0 Å². The first kappa shape index (κ1) is 12.5. The number of benzene rings is 1. The summed E-state index contributed by atoms with van der Waals surface area (Å²) < 4.78 is 0. The van der Waals surface area contributed by atoms with Gasteiger partial charge in [0.05, 0.1) is 5.25 Å². The third-order valence-electron chi connectivity index (χ3n) is 3.13. The molecule has 1 saturated carbocycles. The second kappa shape index (κ2) is 6.10. The molecule has 1 aliphatic carbocycles. The number of carbonyl (C=O) groups excluding carboxylic acids is 1. The van der Waals surface area contributed by atoms with E-state index >= 15 is 0 Å². The van der Waals surface area contributed by atoms with Gasteiger partial charge in [0.25, 0.3) is 0 Å². The summed E-state index contributed by atoms with van der Waals surface area (Å²) in [6, 6.07) is 10.5. The van der Waals surface area contributed by atoms with Crippen LogP contribution >= 0.6 is 11.8 Å². The minimum Gasteiger partial charge on any atom is -0.352 e. The van der Waals surface area contributed by atoms with E-state index < -0.39 is 0 Å². The van der Waals surface area contributed by atoms with Crippen LogP contribution in [0, 0.1) is 0 Å². The summed E-state index contributed by atoms with van der Waals surface area (Å²) in [6.07, 6.45) is 4.80. The van der Waals surface area contributed by atoms with Gasteiger partial charge in [-0.1, -0.05) is 31.0 Å². The number of amides is 1. The molecule has 0 bridgehead atoms. The molecule has 1 fully saturated rings. The Labute approximate surface area is 107 Å². The molecule has 3 heteroatoms. The lowest BCUT2D eigenvalue weighted by molar-refractivity contribution is -0.120. The van der Waals surface area contributed by atoms with E-state index in [1.165, 1.54) is 12.8 Å². The number of thioether (sulfide) groups is 1. The molecule has 1 N–H and O–H groups in total. The van der Waals surface area contributed by atoms with Crippen LogP contribution in [0.5, 0.6) is 0 Å². The third kappa shape index (κ3) is 3.77. The van der Waals surface area contributed by atoms with Crippen molar-refractivity contribution in [3.8, 4) is 0 Å². The molecule has 1 atom stereocenters. The summed E-state index contributed by atoms with van der Waals surface area (Å²) in [6.45, 7) is 1.97. The first-order valence-corrected chi connectivity index (χ1v) is 7.16. The quantitative estimate of drug-likeness (QED) is 0.830. The smallest absolute Gasteiger partial charge is 0.233 e.